The third-order valence-corrected chi connectivity index (χ3v) is 5.65. The van der Waals surface area contributed by atoms with Gasteiger partial charge in [0.2, 0.25) is 10.0 Å². The van der Waals surface area contributed by atoms with E-state index in [1.807, 2.05) is 0 Å². The Morgan fingerprint density at radius 2 is 1.91 bits per heavy atom. The molecule has 0 atom stereocenters. The van der Waals surface area contributed by atoms with Crippen molar-refractivity contribution in [3.63, 3.8) is 0 Å². The van der Waals surface area contributed by atoms with Crippen LogP contribution in [0, 0.1) is 0 Å². The molecular formula is C16H23N3O3S. The monoisotopic (exact) mass is 337 g/mol. The van der Waals surface area contributed by atoms with Crippen LogP contribution in [-0.4, -0.2) is 31.9 Å². The molecule has 3 N–H and O–H groups in total. The minimum atomic E-state index is -3.72. The van der Waals surface area contributed by atoms with Crippen LogP contribution in [0.2, 0.25) is 0 Å². The highest BCUT2D eigenvalue weighted by atomic mass is 32.2. The highest BCUT2D eigenvalue weighted by Crippen LogP contribution is 2.23. The Bertz CT molecular complexity index is 697. The Balaban J connectivity index is 1.70. The first-order valence-electron chi connectivity index (χ1n) is 8.13. The number of nitrogens with two attached hydrogens (primary N) is 1. The summed E-state index contributed by atoms with van der Waals surface area (Å²) in [5, 5.41) is 8.30. The molecule has 2 amide bonds. The molecule has 126 valence electrons. The molecule has 7 heteroatoms. The first-order valence-corrected chi connectivity index (χ1v) is 9.68. The molecule has 6 nitrogen and oxygen atoms in total. The van der Waals surface area contributed by atoms with Gasteiger partial charge in [0, 0.05) is 19.1 Å². The number of amides is 2. The predicted molar refractivity (Wildman–Crippen MR) is 87.3 cm³/mol. The Morgan fingerprint density at radius 3 is 2.61 bits per heavy atom. The molecule has 1 aliphatic heterocycles. The van der Waals surface area contributed by atoms with E-state index in [-0.39, 0.29) is 17.0 Å². The van der Waals surface area contributed by atoms with Crippen molar-refractivity contribution in [1.82, 2.24) is 10.2 Å². The molecule has 2 aliphatic rings. The zero-order valence-electron chi connectivity index (χ0n) is 13.1. The number of urea groups is 1. The number of hydrogen-bond acceptors (Lipinski definition) is 3. The van der Waals surface area contributed by atoms with Gasteiger partial charge in [-0.1, -0.05) is 25.3 Å². The number of benzene rings is 1. The fraction of sp³-hybridized carbons (Fsp3) is 0.562. The van der Waals surface area contributed by atoms with Gasteiger partial charge < -0.3 is 10.2 Å². The van der Waals surface area contributed by atoms with E-state index in [0.717, 1.165) is 30.4 Å². The number of primary sulfonamides is 1. The van der Waals surface area contributed by atoms with E-state index >= 15 is 0 Å². The lowest BCUT2D eigenvalue weighted by Crippen LogP contribution is -2.47. The van der Waals surface area contributed by atoms with Crippen LogP contribution in [0.4, 0.5) is 4.79 Å². The van der Waals surface area contributed by atoms with Gasteiger partial charge >= 0.3 is 6.03 Å². The number of fused-ring (bicyclic) bond motifs is 1. The van der Waals surface area contributed by atoms with E-state index in [0.29, 0.717) is 13.1 Å². The summed E-state index contributed by atoms with van der Waals surface area (Å²) in [7, 11) is -3.72. The summed E-state index contributed by atoms with van der Waals surface area (Å²) >= 11 is 0. The van der Waals surface area contributed by atoms with Crippen molar-refractivity contribution in [3.8, 4) is 0 Å². The Hall–Kier alpha value is -1.60. The largest absolute Gasteiger partial charge is 0.335 e. The zero-order valence-corrected chi connectivity index (χ0v) is 13.9. The molecule has 1 aromatic rings. The molecule has 0 saturated heterocycles. The average molecular weight is 337 g/mol. The van der Waals surface area contributed by atoms with Gasteiger partial charge in [0.15, 0.2) is 0 Å². The molecule has 0 aromatic heterocycles. The van der Waals surface area contributed by atoms with Crippen molar-refractivity contribution in [1.29, 1.82) is 0 Å². The standard InChI is InChI=1S/C16H23N3O3S/c17-23(21,22)15-7-6-12-8-9-19(11-13(12)10-15)16(20)18-14-4-2-1-3-5-14/h6-7,10,14H,1-5,8-9,11H2,(H,18,20)(H2,17,21,22). The summed E-state index contributed by atoms with van der Waals surface area (Å²) < 4.78 is 23.0. The van der Waals surface area contributed by atoms with E-state index in [1.165, 1.54) is 25.3 Å². The van der Waals surface area contributed by atoms with Crippen LogP contribution in [0.3, 0.4) is 0 Å². The van der Waals surface area contributed by atoms with Gasteiger partial charge in [-0.05, 0) is 42.5 Å². The molecule has 3 rings (SSSR count). The molecule has 1 heterocycles. The summed E-state index contributed by atoms with van der Waals surface area (Å²) in [5.74, 6) is 0. The van der Waals surface area contributed by atoms with E-state index in [9.17, 15) is 13.2 Å². The SMILES string of the molecule is NS(=O)(=O)c1ccc2c(c1)CN(C(=O)NC1CCCCC1)CC2. The van der Waals surface area contributed by atoms with Gasteiger partial charge in [0.05, 0.1) is 4.90 Å². The quantitative estimate of drug-likeness (QED) is 0.861. The second kappa shape index (κ2) is 6.49. The fourth-order valence-electron chi connectivity index (χ4n) is 3.40. The summed E-state index contributed by atoms with van der Waals surface area (Å²) in [6.45, 7) is 1.08. The van der Waals surface area contributed by atoms with Gasteiger partial charge in [-0.25, -0.2) is 18.4 Å². The first kappa shape index (κ1) is 16.3. The van der Waals surface area contributed by atoms with E-state index < -0.39 is 10.0 Å². The first-order chi connectivity index (χ1) is 10.9. The predicted octanol–water partition coefficient (Wildman–Crippen LogP) is 1.73. The number of sulfonamides is 1. The van der Waals surface area contributed by atoms with E-state index in [2.05, 4.69) is 5.32 Å². The molecular weight excluding hydrogens is 314 g/mol. The summed E-state index contributed by atoms with van der Waals surface area (Å²) in [5.41, 5.74) is 1.95. The van der Waals surface area contributed by atoms with Crippen molar-refractivity contribution in [3.05, 3.63) is 29.3 Å². The zero-order chi connectivity index (χ0) is 16.4. The molecule has 1 fully saturated rings. The third kappa shape index (κ3) is 3.84. The second-order valence-electron chi connectivity index (χ2n) is 6.43. The minimum absolute atomic E-state index is 0.0523. The summed E-state index contributed by atoms with van der Waals surface area (Å²) in [4.78, 5) is 14.3. The highest BCUT2D eigenvalue weighted by Gasteiger charge is 2.24. The maximum Gasteiger partial charge on any atom is 0.317 e. The second-order valence-corrected chi connectivity index (χ2v) is 7.99. The minimum Gasteiger partial charge on any atom is -0.335 e. The molecule has 0 radical (unpaired) electrons. The molecule has 1 aromatic carbocycles. The van der Waals surface area contributed by atoms with Crippen LogP contribution >= 0.6 is 0 Å². The lowest BCUT2D eigenvalue weighted by molar-refractivity contribution is 0.184. The van der Waals surface area contributed by atoms with Crippen LogP contribution in [0.15, 0.2) is 23.1 Å². The van der Waals surface area contributed by atoms with Crippen LogP contribution in [0.5, 0.6) is 0 Å². The molecule has 1 aliphatic carbocycles. The van der Waals surface area contributed by atoms with Crippen LogP contribution in [0.1, 0.15) is 43.2 Å². The number of nitrogens with zero attached hydrogens (tertiary/aromatic N) is 1. The van der Waals surface area contributed by atoms with Crippen molar-refractivity contribution in [2.75, 3.05) is 6.54 Å². The number of carbonyl (C=O) groups excluding carboxylic acids is 1. The lowest BCUT2D eigenvalue weighted by atomic mass is 9.95. The molecule has 23 heavy (non-hydrogen) atoms. The molecule has 0 spiro atoms. The number of hydrogen-bond donors (Lipinski definition) is 2. The van der Waals surface area contributed by atoms with Gasteiger partial charge in [-0.15, -0.1) is 0 Å². The molecule has 1 saturated carbocycles. The van der Waals surface area contributed by atoms with Crippen LogP contribution in [-0.2, 0) is 23.0 Å². The molecule has 0 bridgehead atoms. The Labute approximate surface area is 137 Å². The van der Waals surface area contributed by atoms with Crippen LogP contribution in [0.25, 0.3) is 0 Å². The van der Waals surface area contributed by atoms with Gasteiger partial charge in [0.1, 0.15) is 0 Å². The smallest absolute Gasteiger partial charge is 0.317 e. The lowest BCUT2D eigenvalue weighted by Gasteiger charge is -2.32. The van der Waals surface area contributed by atoms with E-state index in [4.69, 9.17) is 5.14 Å². The number of rotatable bonds is 2. The van der Waals surface area contributed by atoms with Crippen LogP contribution < -0.4 is 10.5 Å². The molecule has 0 unspecified atom stereocenters. The van der Waals surface area contributed by atoms with E-state index in [1.54, 1.807) is 17.0 Å². The van der Waals surface area contributed by atoms with Crippen molar-refractivity contribution in [2.45, 2.75) is 56.0 Å². The van der Waals surface area contributed by atoms with Gasteiger partial charge in [-0.2, -0.15) is 0 Å². The normalized spacial score (nSPS) is 19.3. The maximum atomic E-state index is 12.4. The fourth-order valence-corrected chi connectivity index (χ4v) is 3.96. The topological polar surface area (TPSA) is 92.5 Å². The number of carbonyl (C=O) groups is 1. The van der Waals surface area contributed by atoms with Crippen molar-refractivity contribution >= 4 is 16.1 Å². The van der Waals surface area contributed by atoms with Crippen molar-refractivity contribution < 1.29 is 13.2 Å². The number of nitrogens with one attached hydrogen (secondary N) is 1. The third-order valence-electron chi connectivity index (χ3n) is 4.74. The Morgan fingerprint density at radius 1 is 1.17 bits per heavy atom. The van der Waals surface area contributed by atoms with Gasteiger partial charge in [-0.3, -0.25) is 0 Å². The van der Waals surface area contributed by atoms with Crippen molar-refractivity contribution in [2.24, 2.45) is 5.14 Å². The van der Waals surface area contributed by atoms with Gasteiger partial charge in [0.25, 0.3) is 0 Å². The summed E-state index contributed by atoms with van der Waals surface area (Å²) in [6, 6.07) is 5.14. The Kier molecular flexibility index (Phi) is 4.59. The average Bonchev–Trinajstić information content (AvgIpc) is 2.54. The highest BCUT2D eigenvalue weighted by molar-refractivity contribution is 7.89. The summed E-state index contributed by atoms with van der Waals surface area (Å²) in [6.07, 6.45) is 6.42. The maximum absolute atomic E-state index is 12.4.